The standard InChI is InChI=1S/C12H14F3NO2/c1-18-11(4-2-5-11)10(17)8-7-16-6-3-9(8)12(13,14)15/h3,6-7,10,17H,2,4-5H2,1H3. The third-order valence-electron chi connectivity index (χ3n) is 3.56. The van der Waals surface area contributed by atoms with Gasteiger partial charge in [-0.15, -0.1) is 0 Å². The van der Waals surface area contributed by atoms with Gasteiger partial charge in [0, 0.05) is 25.1 Å². The average molecular weight is 261 g/mol. The van der Waals surface area contributed by atoms with Gasteiger partial charge in [-0.1, -0.05) is 0 Å². The molecule has 1 aromatic rings. The zero-order chi connectivity index (χ0) is 13.4. The Bertz CT molecular complexity index is 424. The number of pyridine rings is 1. The molecule has 1 fully saturated rings. The highest BCUT2D eigenvalue weighted by molar-refractivity contribution is 5.30. The smallest absolute Gasteiger partial charge is 0.385 e. The van der Waals surface area contributed by atoms with E-state index in [0.29, 0.717) is 12.8 Å². The van der Waals surface area contributed by atoms with Crippen molar-refractivity contribution in [2.24, 2.45) is 0 Å². The van der Waals surface area contributed by atoms with Gasteiger partial charge in [-0.3, -0.25) is 4.98 Å². The SMILES string of the molecule is COC1(C(O)c2cnccc2C(F)(F)F)CCC1. The van der Waals surface area contributed by atoms with Gasteiger partial charge in [0.2, 0.25) is 0 Å². The molecular formula is C12H14F3NO2. The lowest BCUT2D eigenvalue weighted by molar-refractivity contribution is -0.160. The predicted molar refractivity (Wildman–Crippen MR) is 57.8 cm³/mol. The summed E-state index contributed by atoms with van der Waals surface area (Å²) in [5.41, 5.74) is -1.97. The number of alkyl halides is 3. The highest BCUT2D eigenvalue weighted by Gasteiger charge is 2.47. The highest BCUT2D eigenvalue weighted by atomic mass is 19.4. The van der Waals surface area contributed by atoms with Gasteiger partial charge < -0.3 is 9.84 Å². The largest absolute Gasteiger partial charge is 0.416 e. The van der Waals surface area contributed by atoms with E-state index in [2.05, 4.69) is 4.98 Å². The number of nitrogens with zero attached hydrogens (tertiary/aromatic N) is 1. The first-order valence-electron chi connectivity index (χ1n) is 5.65. The second-order valence-electron chi connectivity index (χ2n) is 4.49. The van der Waals surface area contributed by atoms with E-state index in [1.165, 1.54) is 7.11 Å². The number of hydrogen-bond donors (Lipinski definition) is 1. The molecule has 100 valence electrons. The fourth-order valence-electron chi connectivity index (χ4n) is 2.28. The van der Waals surface area contributed by atoms with Crippen molar-refractivity contribution in [2.75, 3.05) is 7.11 Å². The Morgan fingerprint density at radius 3 is 2.56 bits per heavy atom. The van der Waals surface area contributed by atoms with Crippen LogP contribution in [0.4, 0.5) is 13.2 Å². The Kier molecular flexibility index (Phi) is 3.33. The van der Waals surface area contributed by atoms with E-state index in [4.69, 9.17) is 4.74 Å². The van der Waals surface area contributed by atoms with Gasteiger partial charge in [-0.25, -0.2) is 0 Å². The van der Waals surface area contributed by atoms with Gasteiger partial charge in [0.15, 0.2) is 0 Å². The number of aliphatic hydroxyl groups excluding tert-OH is 1. The van der Waals surface area contributed by atoms with E-state index in [9.17, 15) is 18.3 Å². The van der Waals surface area contributed by atoms with Crippen molar-refractivity contribution in [3.63, 3.8) is 0 Å². The lowest BCUT2D eigenvalue weighted by Crippen LogP contribution is -2.45. The Morgan fingerprint density at radius 2 is 2.11 bits per heavy atom. The summed E-state index contributed by atoms with van der Waals surface area (Å²) in [5, 5.41) is 10.2. The van der Waals surface area contributed by atoms with Crippen LogP contribution in [0.3, 0.4) is 0 Å². The maximum Gasteiger partial charge on any atom is 0.416 e. The quantitative estimate of drug-likeness (QED) is 0.909. The summed E-state index contributed by atoms with van der Waals surface area (Å²) >= 11 is 0. The summed E-state index contributed by atoms with van der Waals surface area (Å²) in [6.45, 7) is 0. The maximum absolute atomic E-state index is 12.8. The second-order valence-corrected chi connectivity index (χ2v) is 4.49. The van der Waals surface area contributed by atoms with E-state index in [-0.39, 0.29) is 5.56 Å². The van der Waals surface area contributed by atoms with Crippen molar-refractivity contribution in [1.29, 1.82) is 0 Å². The first kappa shape index (κ1) is 13.3. The Hall–Kier alpha value is -1.14. The number of hydrogen-bond acceptors (Lipinski definition) is 3. The zero-order valence-corrected chi connectivity index (χ0v) is 9.87. The van der Waals surface area contributed by atoms with Crippen LogP contribution in [-0.2, 0) is 10.9 Å². The van der Waals surface area contributed by atoms with Crippen LogP contribution in [0, 0.1) is 0 Å². The molecule has 1 aliphatic carbocycles. The number of halogens is 3. The van der Waals surface area contributed by atoms with Crippen molar-refractivity contribution in [3.8, 4) is 0 Å². The van der Waals surface area contributed by atoms with E-state index in [1.807, 2.05) is 0 Å². The summed E-state index contributed by atoms with van der Waals surface area (Å²) < 4.78 is 43.7. The van der Waals surface area contributed by atoms with Crippen molar-refractivity contribution < 1.29 is 23.0 Å². The molecule has 6 heteroatoms. The molecule has 0 aliphatic heterocycles. The van der Waals surface area contributed by atoms with Crippen LogP contribution in [0.2, 0.25) is 0 Å². The fraction of sp³-hybridized carbons (Fsp3) is 0.583. The van der Waals surface area contributed by atoms with Gasteiger partial charge in [0.1, 0.15) is 6.10 Å². The molecule has 1 heterocycles. The number of aromatic nitrogens is 1. The topological polar surface area (TPSA) is 42.4 Å². The summed E-state index contributed by atoms with van der Waals surface area (Å²) in [6.07, 6.45) is -1.73. The Balaban J connectivity index is 2.39. The fourth-order valence-corrected chi connectivity index (χ4v) is 2.28. The minimum absolute atomic E-state index is 0.216. The average Bonchev–Trinajstić information content (AvgIpc) is 2.27. The summed E-state index contributed by atoms with van der Waals surface area (Å²) in [7, 11) is 1.41. The molecule has 0 amide bonds. The molecule has 1 N–H and O–H groups in total. The van der Waals surface area contributed by atoms with Crippen molar-refractivity contribution in [3.05, 3.63) is 29.6 Å². The molecule has 1 saturated carbocycles. The second kappa shape index (κ2) is 4.51. The molecule has 0 aromatic carbocycles. The molecule has 1 unspecified atom stereocenters. The Morgan fingerprint density at radius 1 is 1.44 bits per heavy atom. The molecule has 1 aromatic heterocycles. The molecule has 2 rings (SSSR count). The van der Waals surface area contributed by atoms with Crippen LogP contribution in [0.15, 0.2) is 18.5 Å². The maximum atomic E-state index is 12.8. The van der Waals surface area contributed by atoms with Crippen molar-refractivity contribution in [1.82, 2.24) is 4.98 Å². The first-order chi connectivity index (χ1) is 8.41. The molecule has 18 heavy (non-hydrogen) atoms. The third-order valence-corrected chi connectivity index (χ3v) is 3.56. The van der Waals surface area contributed by atoms with Gasteiger partial charge >= 0.3 is 6.18 Å². The minimum atomic E-state index is -4.50. The molecule has 0 spiro atoms. The van der Waals surface area contributed by atoms with E-state index in [0.717, 1.165) is 24.9 Å². The van der Waals surface area contributed by atoms with E-state index in [1.54, 1.807) is 0 Å². The lowest BCUT2D eigenvalue weighted by Gasteiger charge is -2.44. The molecule has 3 nitrogen and oxygen atoms in total. The first-order valence-corrected chi connectivity index (χ1v) is 5.65. The van der Waals surface area contributed by atoms with Crippen LogP contribution in [-0.4, -0.2) is 22.8 Å². The van der Waals surface area contributed by atoms with Crippen LogP contribution in [0.25, 0.3) is 0 Å². The molecule has 1 atom stereocenters. The Labute approximate surface area is 103 Å². The number of aliphatic hydroxyl groups is 1. The molecule has 0 radical (unpaired) electrons. The number of ether oxygens (including phenoxy) is 1. The molecule has 0 saturated heterocycles. The van der Waals surface area contributed by atoms with Crippen LogP contribution < -0.4 is 0 Å². The summed E-state index contributed by atoms with van der Waals surface area (Å²) in [4.78, 5) is 3.67. The van der Waals surface area contributed by atoms with Crippen molar-refractivity contribution in [2.45, 2.75) is 37.1 Å². The predicted octanol–water partition coefficient (Wildman–Crippen LogP) is 2.70. The van der Waals surface area contributed by atoms with Crippen LogP contribution >= 0.6 is 0 Å². The monoisotopic (exact) mass is 261 g/mol. The van der Waals surface area contributed by atoms with Gasteiger partial charge in [-0.2, -0.15) is 13.2 Å². The van der Waals surface area contributed by atoms with Gasteiger partial charge in [0.25, 0.3) is 0 Å². The zero-order valence-electron chi connectivity index (χ0n) is 9.87. The van der Waals surface area contributed by atoms with E-state index >= 15 is 0 Å². The van der Waals surface area contributed by atoms with Gasteiger partial charge in [0.05, 0.1) is 11.2 Å². The normalized spacial score (nSPS) is 20.3. The van der Waals surface area contributed by atoms with Crippen LogP contribution in [0.1, 0.15) is 36.5 Å². The molecule has 0 bridgehead atoms. The highest BCUT2D eigenvalue weighted by Crippen LogP contribution is 2.47. The minimum Gasteiger partial charge on any atom is -0.385 e. The number of rotatable bonds is 3. The summed E-state index contributed by atoms with van der Waals surface area (Å²) in [5.74, 6) is 0. The van der Waals surface area contributed by atoms with Gasteiger partial charge in [-0.05, 0) is 25.3 Å². The van der Waals surface area contributed by atoms with E-state index < -0.39 is 23.4 Å². The third kappa shape index (κ3) is 2.10. The summed E-state index contributed by atoms with van der Waals surface area (Å²) in [6, 6.07) is 0.876. The van der Waals surface area contributed by atoms with Crippen LogP contribution in [0.5, 0.6) is 0 Å². The lowest BCUT2D eigenvalue weighted by atomic mass is 9.73. The molecular weight excluding hydrogens is 247 g/mol. The molecule has 1 aliphatic rings. The van der Waals surface area contributed by atoms with Crippen molar-refractivity contribution >= 4 is 0 Å². The number of methoxy groups -OCH3 is 1.